The first-order valence-corrected chi connectivity index (χ1v) is 7.07. The SMILES string of the molecule is Cn1ncc(N2CCN(c3ccc(C#N)cn3)CC2)cc1=O. The number of nitriles is 1. The molecule has 3 rings (SSSR count). The zero-order chi connectivity index (χ0) is 15.5. The van der Waals surface area contributed by atoms with Gasteiger partial charge < -0.3 is 9.80 Å². The summed E-state index contributed by atoms with van der Waals surface area (Å²) in [6.07, 6.45) is 3.31. The number of piperazine rings is 1. The number of anilines is 2. The topological polar surface area (TPSA) is 78.1 Å². The Morgan fingerprint density at radius 1 is 1.14 bits per heavy atom. The molecule has 1 saturated heterocycles. The number of nitrogens with zero attached hydrogens (tertiary/aromatic N) is 6. The molecule has 0 atom stereocenters. The van der Waals surface area contributed by atoms with Crippen LogP contribution < -0.4 is 15.4 Å². The molecule has 0 aliphatic carbocycles. The van der Waals surface area contributed by atoms with Gasteiger partial charge in [-0.25, -0.2) is 9.67 Å². The molecule has 112 valence electrons. The van der Waals surface area contributed by atoms with Gasteiger partial charge in [0, 0.05) is 45.5 Å². The van der Waals surface area contributed by atoms with Crippen LogP contribution >= 0.6 is 0 Å². The van der Waals surface area contributed by atoms with Gasteiger partial charge in [-0.15, -0.1) is 0 Å². The van der Waals surface area contributed by atoms with Crippen molar-refractivity contribution in [1.29, 1.82) is 5.26 Å². The van der Waals surface area contributed by atoms with Gasteiger partial charge in [-0.2, -0.15) is 10.4 Å². The lowest BCUT2D eigenvalue weighted by Crippen LogP contribution is -2.47. The first kappa shape index (κ1) is 14.1. The Hall–Kier alpha value is -2.88. The summed E-state index contributed by atoms with van der Waals surface area (Å²) in [4.78, 5) is 20.3. The highest BCUT2D eigenvalue weighted by molar-refractivity contribution is 5.48. The van der Waals surface area contributed by atoms with E-state index in [-0.39, 0.29) is 5.56 Å². The minimum atomic E-state index is -0.103. The van der Waals surface area contributed by atoms with Crippen molar-refractivity contribution < 1.29 is 0 Å². The van der Waals surface area contributed by atoms with Gasteiger partial charge in [-0.05, 0) is 12.1 Å². The van der Waals surface area contributed by atoms with Gasteiger partial charge in [0.05, 0.1) is 17.4 Å². The van der Waals surface area contributed by atoms with Gasteiger partial charge in [-0.3, -0.25) is 4.79 Å². The summed E-state index contributed by atoms with van der Waals surface area (Å²) in [5.74, 6) is 0.876. The molecule has 0 bridgehead atoms. The van der Waals surface area contributed by atoms with Crippen LogP contribution in [-0.4, -0.2) is 40.9 Å². The third kappa shape index (κ3) is 2.76. The molecule has 1 aliphatic rings. The first-order chi connectivity index (χ1) is 10.7. The summed E-state index contributed by atoms with van der Waals surface area (Å²) in [5.41, 5.74) is 1.32. The van der Waals surface area contributed by atoms with E-state index in [9.17, 15) is 4.79 Å². The summed E-state index contributed by atoms with van der Waals surface area (Å²) in [6.45, 7) is 3.23. The van der Waals surface area contributed by atoms with Gasteiger partial charge in [0.1, 0.15) is 11.9 Å². The smallest absolute Gasteiger partial charge is 0.268 e. The molecule has 7 heteroatoms. The average molecular weight is 296 g/mol. The zero-order valence-corrected chi connectivity index (χ0v) is 12.3. The van der Waals surface area contributed by atoms with Crippen LogP contribution in [0.25, 0.3) is 0 Å². The third-order valence-corrected chi connectivity index (χ3v) is 3.80. The summed E-state index contributed by atoms with van der Waals surface area (Å²) in [6, 6.07) is 7.33. The molecule has 0 amide bonds. The molecule has 7 nitrogen and oxygen atoms in total. The molecule has 1 fully saturated rings. The van der Waals surface area contributed by atoms with Gasteiger partial charge >= 0.3 is 0 Å². The second kappa shape index (κ2) is 5.85. The lowest BCUT2D eigenvalue weighted by molar-refractivity contribution is 0.638. The molecule has 0 spiro atoms. The van der Waals surface area contributed by atoms with Crippen molar-refractivity contribution in [2.75, 3.05) is 36.0 Å². The van der Waals surface area contributed by atoms with Gasteiger partial charge in [0.2, 0.25) is 0 Å². The number of aryl methyl sites for hydroxylation is 1. The fourth-order valence-corrected chi connectivity index (χ4v) is 2.47. The third-order valence-electron chi connectivity index (χ3n) is 3.80. The molecule has 22 heavy (non-hydrogen) atoms. The zero-order valence-electron chi connectivity index (χ0n) is 12.3. The van der Waals surface area contributed by atoms with Gasteiger partial charge in [-0.1, -0.05) is 0 Å². The Bertz CT molecular complexity index is 753. The normalized spacial score (nSPS) is 14.7. The van der Waals surface area contributed by atoms with Crippen LogP contribution in [0.4, 0.5) is 11.5 Å². The average Bonchev–Trinajstić information content (AvgIpc) is 2.58. The number of rotatable bonds is 2. The number of hydrogen-bond donors (Lipinski definition) is 0. The Morgan fingerprint density at radius 3 is 2.45 bits per heavy atom. The van der Waals surface area contributed by atoms with Crippen molar-refractivity contribution in [2.24, 2.45) is 7.05 Å². The molecule has 0 radical (unpaired) electrons. The van der Waals surface area contributed by atoms with E-state index in [0.29, 0.717) is 5.56 Å². The summed E-state index contributed by atoms with van der Waals surface area (Å²) < 4.78 is 1.32. The summed E-state index contributed by atoms with van der Waals surface area (Å²) in [7, 11) is 1.64. The maximum Gasteiger partial charge on any atom is 0.268 e. The highest BCUT2D eigenvalue weighted by Crippen LogP contribution is 2.17. The fourth-order valence-electron chi connectivity index (χ4n) is 2.47. The predicted molar refractivity (Wildman–Crippen MR) is 82.9 cm³/mol. The van der Waals surface area contributed by atoms with E-state index < -0.39 is 0 Å². The largest absolute Gasteiger partial charge is 0.367 e. The van der Waals surface area contributed by atoms with E-state index in [0.717, 1.165) is 37.7 Å². The van der Waals surface area contributed by atoms with Crippen molar-refractivity contribution in [1.82, 2.24) is 14.8 Å². The van der Waals surface area contributed by atoms with Crippen molar-refractivity contribution in [3.63, 3.8) is 0 Å². The maximum atomic E-state index is 11.7. The molecular weight excluding hydrogens is 280 g/mol. The van der Waals surface area contributed by atoms with Crippen LogP contribution in [-0.2, 0) is 7.05 Å². The fraction of sp³-hybridized carbons (Fsp3) is 0.333. The first-order valence-electron chi connectivity index (χ1n) is 7.07. The Labute approximate surface area is 128 Å². The lowest BCUT2D eigenvalue weighted by atomic mass is 10.2. The van der Waals surface area contributed by atoms with Gasteiger partial charge in [0.25, 0.3) is 5.56 Å². The van der Waals surface area contributed by atoms with Crippen LogP contribution in [0.15, 0.2) is 35.4 Å². The summed E-state index contributed by atoms with van der Waals surface area (Å²) in [5, 5.41) is 12.9. The van der Waals surface area contributed by atoms with E-state index >= 15 is 0 Å². The van der Waals surface area contributed by atoms with Crippen LogP contribution in [0, 0.1) is 11.3 Å². The number of pyridine rings is 1. The minimum Gasteiger partial charge on any atom is -0.367 e. The van der Waals surface area contributed by atoms with E-state index in [4.69, 9.17) is 5.26 Å². The highest BCUT2D eigenvalue weighted by Gasteiger charge is 2.19. The molecule has 0 aromatic carbocycles. The second-order valence-electron chi connectivity index (χ2n) is 5.17. The molecule has 1 aliphatic heterocycles. The Kier molecular flexibility index (Phi) is 3.74. The Morgan fingerprint density at radius 2 is 1.86 bits per heavy atom. The van der Waals surface area contributed by atoms with Crippen molar-refractivity contribution in [3.05, 3.63) is 46.5 Å². The highest BCUT2D eigenvalue weighted by atomic mass is 16.1. The quantitative estimate of drug-likeness (QED) is 0.797. The van der Waals surface area contributed by atoms with E-state index in [2.05, 4.69) is 26.0 Å². The van der Waals surface area contributed by atoms with E-state index in [1.807, 2.05) is 6.07 Å². The van der Waals surface area contributed by atoms with Gasteiger partial charge in [0.15, 0.2) is 0 Å². The molecule has 0 N–H and O–H groups in total. The lowest BCUT2D eigenvalue weighted by Gasteiger charge is -2.36. The van der Waals surface area contributed by atoms with Crippen molar-refractivity contribution in [2.45, 2.75) is 0 Å². The molecular formula is C15H16N6O. The van der Waals surface area contributed by atoms with E-state index in [1.165, 1.54) is 4.68 Å². The maximum absolute atomic E-state index is 11.7. The molecule has 0 saturated carbocycles. The number of hydrogen-bond acceptors (Lipinski definition) is 6. The molecule has 2 aromatic heterocycles. The predicted octanol–water partition coefficient (Wildman–Crippen LogP) is 0.374. The van der Waals surface area contributed by atoms with Crippen molar-refractivity contribution in [3.8, 4) is 6.07 Å². The molecule has 2 aromatic rings. The summed E-state index contributed by atoms with van der Waals surface area (Å²) >= 11 is 0. The number of aromatic nitrogens is 3. The molecule has 3 heterocycles. The monoisotopic (exact) mass is 296 g/mol. The van der Waals surface area contributed by atoms with Crippen LogP contribution in [0.3, 0.4) is 0 Å². The van der Waals surface area contributed by atoms with Crippen molar-refractivity contribution >= 4 is 11.5 Å². The van der Waals surface area contributed by atoms with Crippen LogP contribution in [0.1, 0.15) is 5.56 Å². The van der Waals surface area contributed by atoms with Crippen LogP contribution in [0.2, 0.25) is 0 Å². The minimum absolute atomic E-state index is 0.103. The second-order valence-corrected chi connectivity index (χ2v) is 5.17. The Balaban J connectivity index is 1.68. The van der Waals surface area contributed by atoms with Crippen LogP contribution in [0.5, 0.6) is 0 Å². The van der Waals surface area contributed by atoms with E-state index in [1.54, 1.807) is 31.6 Å². The molecule has 0 unspecified atom stereocenters. The standard InChI is InChI=1S/C15H16N6O/c1-19-15(22)8-13(11-18-19)20-4-6-21(7-5-20)14-3-2-12(9-16)10-17-14/h2-3,8,10-11H,4-7H2,1H3.